The summed E-state index contributed by atoms with van der Waals surface area (Å²) < 4.78 is 0. The number of aryl methyl sites for hydroxylation is 2. The van der Waals surface area contributed by atoms with Crippen LogP contribution in [0.1, 0.15) is 73.2 Å². The maximum Gasteiger partial charge on any atom is 0.335 e. The van der Waals surface area contributed by atoms with E-state index in [2.05, 4.69) is 55.6 Å². The number of nitrogens with two attached hydrogens (primary N) is 1. The molecule has 0 spiro atoms. The molecule has 17 heteroatoms. The van der Waals surface area contributed by atoms with Crippen LogP contribution in [0.3, 0.4) is 0 Å². The number of nitrogens with one attached hydrogen (secondary N) is 3. The number of nitrogens with zero attached hydrogens (tertiary/aromatic N) is 8. The third-order valence-electron chi connectivity index (χ3n) is 10.3. The van der Waals surface area contributed by atoms with Gasteiger partial charge in [0.05, 0.1) is 26.6 Å². The lowest BCUT2D eigenvalue weighted by molar-refractivity contribution is 0.0696. The summed E-state index contributed by atoms with van der Waals surface area (Å²) in [4.78, 5) is 49.4. The highest BCUT2D eigenvalue weighted by Gasteiger charge is 2.11. The van der Waals surface area contributed by atoms with Gasteiger partial charge in [-0.1, -0.05) is 42.8 Å². The van der Waals surface area contributed by atoms with Crippen LogP contribution in [0.2, 0.25) is 10.0 Å². The number of carbonyl (C=O) groups excluding carboxylic acids is 1. The third kappa shape index (κ3) is 11.3. The largest absolute Gasteiger partial charge is 0.478 e. The molecular formula is C49H44Cl2N12O3. The standard InChI is InChI=1S/C24H19ClN6O.C16H11ClN2O2.C8H10N4.CH4/c1-14-21-8-16(11-28-23(21)31-30-14)12-29-24(32)17-4-5-26-20(10-17)7-15-2-3-22-18(6-15)9-19(25)13-27-22;17-13-7-12-5-10(1-2-15(12)19-9-13)6-14-8-11(16(20)21)3-4-18-14;1-5-7-2-6(3-9)4-10-8(7)12-11-5;/h2-6,8-11,13H,7,12H2,1H3,(H,29,32)(H,28,30,31);1-5,7-9H,6H2,(H,20,21);2,4H,3,9H2,1H3,(H,10,11,12);1H4. The number of aromatic carboxylic acids is 1. The highest BCUT2D eigenvalue weighted by molar-refractivity contribution is 6.31. The molecule has 0 aliphatic carbocycles. The molecule has 10 rings (SSSR count). The van der Waals surface area contributed by atoms with Crippen molar-refractivity contribution in [1.82, 2.24) is 55.6 Å². The van der Waals surface area contributed by atoms with E-state index in [1.807, 2.05) is 80.6 Å². The van der Waals surface area contributed by atoms with Crippen molar-refractivity contribution in [1.29, 1.82) is 0 Å². The van der Waals surface area contributed by atoms with Crippen molar-refractivity contribution in [3.8, 4) is 0 Å². The van der Waals surface area contributed by atoms with Gasteiger partial charge < -0.3 is 16.2 Å². The van der Waals surface area contributed by atoms with Gasteiger partial charge in [0.15, 0.2) is 11.3 Å². The van der Waals surface area contributed by atoms with E-state index in [9.17, 15) is 9.59 Å². The summed E-state index contributed by atoms with van der Waals surface area (Å²) in [6.45, 7) is 4.81. The molecule has 0 saturated carbocycles. The van der Waals surface area contributed by atoms with E-state index < -0.39 is 5.97 Å². The molecule has 15 nitrogen and oxygen atoms in total. The monoisotopic (exact) mass is 918 g/mol. The Morgan fingerprint density at radius 2 is 1.11 bits per heavy atom. The first-order chi connectivity index (χ1) is 31.5. The molecular weight excluding hydrogens is 876 g/mol. The van der Waals surface area contributed by atoms with E-state index >= 15 is 0 Å². The number of hydrogen-bond donors (Lipinski definition) is 5. The summed E-state index contributed by atoms with van der Waals surface area (Å²) in [6, 6.07) is 26.2. The molecule has 0 aliphatic rings. The van der Waals surface area contributed by atoms with Gasteiger partial charge in [-0.15, -0.1) is 0 Å². The number of aromatic amines is 2. The molecule has 0 atom stereocenters. The molecule has 2 aromatic carbocycles. The van der Waals surface area contributed by atoms with Gasteiger partial charge in [0.25, 0.3) is 5.91 Å². The number of pyridine rings is 6. The highest BCUT2D eigenvalue weighted by Crippen LogP contribution is 2.22. The fourth-order valence-corrected chi connectivity index (χ4v) is 7.32. The maximum absolute atomic E-state index is 12.7. The molecule has 8 heterocycles. The summed E-state index contributed by atoms with van der Waals surface area (Å²) in [7, 11) is 0. The molecule has 0 fully saturated rings. The Hall–Kier alpha value is -7.72. The first-order valence-corrected chi connectivity index (χ1v) is 21.0. The number of carboxylic acids is 1. The SMILES string of the molecule is C.Cc1[nH]nc2ncc(CN)cc12.Cc1[nH]nc2ncc(CNC(=O)c3ccnc(Cc4ccc5ncc(Cl)cc5c4)c3)cc12.O=C(O)c1ccnc(Cc2ccc3ncc(Cl)cc3c2)c1. The van der Waals surface area contributed by atoms with Crippen LogP contribution in [0.15, 0.2) is 122 Å². The van der Waals surface area contributed by atoms with Crippen molar-refractivity contribution < 1.29 is 14.7 Å². The Morgan fingerprint density at radius 3 is 1.64 bits per heavy atom. The van der Waals surface area contributed by atoms with Crippen molar-refractivity contribution in [2.24, 2.45) is 5.73 Å². The maximum atomic E-state index is 12.7. The molecule has 66 heavy (non-hydrogen) atoms. The van der Waals surface area contributed by atoms with Gasteiger partial charge in [-0.2, -0.15) is 10.2 Å². The van der Waals surface area contributed by atoms with Gasteiger partial charge in [0.1, 0.15) is 0 Å². The van der Waals surface area contributed by atoms with E-state index in [1.165, 1.54) is 12.3 Å². The molecule has 1 amide bonds. The number of benzene rings is 2. The van der Waals surface area contributed by atoms with Crippen molar-refractivity contribution in [3.05, 3.63) is 188 Å². The van der Waals surface area contributed by atoms with E-state index in [1.54, 1.807) is 43.1 Å². The van der Waals surface area contributed by atoms with Crippen molar-refractivity contribution in [2.75, 3.05) is 0 Å². The number of rotatable bonds is 9. The van der Waals surface area contributed by atoms with Crippen molar-refractivity contribution >= 4 is 79.0 Å². The second-order valence-electron chi connectivity index (χ2n) is 15.1. The molecule has 10 aromatic rings. The Bertz CT molecular complexity index is 3360. The van der Waals surface area contributed by atoms with Crippen LogP contribution in [0.25, 0.3) is 43.9 Å². The van der Waals surface area contributed by atoms with E-state index in [4.69, 9.17) is 34.0 Å². The average molecular weight is 920 g/mol. The van der Waals surface area contributed by atoms with Crippen LogP contribution in [-0.4, -0.2) is 67.3 Å². The normalized spacial score (nSPS) is 10.8. The molecule has 8 aromatic heterocycles. The number of carbonyl (C=O) groups is 2. The minimum atomic E-state index is -0.951. The van der Waals surface area contributed by atoms with Crippen molar-refractivity contribution in [2.45, 2.75) is 47.2 Å². The number of fused-ring (bicyclic) bond motifs is 4. The van der Waals surface area contributed by atoms with Crippen molar-refractivity contribution in [3.63, 3.8) is 0 Å². The van der Waals surface area contributed by atoms with Crippen LogP contribution < -0.4 is 11.1 Å². The molecule has 0 aliphatic heterocycles. The van der Waals surface area contributed by atoms with E-state index in [0.29, 0.717) is 52.9 Å². The van der Waals surface area contributed by atoms with Crippen LogP contribution in [0.4, 0.5) is 0 Å². The van der Waals surface area contributed by atoms with Crippen LogP contribution in [0.5, 0.6) is 0 Å². The molecule has 6 N–H and O–H groups in total. The number of hydrogen-bond acceptors (Lipinski definition) is 11. The van der Waals surface area contributed by atoms with Gasteiger partial charge in [0.2, 0.25) is 0 Å². The fraction of sp³-hybridized carbons (Fsp3) is 0.143. The summed E-state index contributed by atoms with van der Waals surface area (Å²) >= 11 is 12.0. The van der Waals surface area contributed by atoms with E-state index in [0.717, 1.165) is 77.6 Å². The smallest absolute Gasteiger partial charge is 0.335 e. The fourth-order valence-electron chi connectivity index (χ4n) is 6.99. The second-order valence-corrected chi connectivity index (χ2v) is 16.0. The molecule has 332 valence electrons. The summed E-state index contributed by atoms with van der Waals surface area (Å²) in [5.41, 5.74) is 17.0. The van der Waals surface area contributed by atoms with Gasteiger partial charge >= 0.3 is 5.97 Å². The predicted octanol–water partition coefficient (Wildman–Crippen LogP) is 9.32. The Balaban J connectivity index is 0.000000163. The number of amides is 1. The minimum absolute atomic E-state index is 0. The van der Waals surface area contributed by atoms with Gasteiger partial charge in [-0.25, -0.2) is 14.8 Å². The lowest BCUT2D eigenvalue weighted by Crippen LogP contribution is -2.23. The van der Waals surface area contributed by atoms with Crippen LogP contribution in [-0.2, 0) is 25.9 Å². The van der Waals surface area contributed by atoms with Crippen LogP contribution >= 0.6 is 23.2 Å². The summed E-state index contributed by atoms with van der Waals surface area (Å²) in [5.74, 6) is -1.11. The molecule has 0 saturated heterocycles. The first-order valence-electron chi connectivity index (χ1n) is 20.3. The third-order valence-corrected chi connectivity index (χ3v) is 10.8. The number of halogens is 2. The number of H-pyrrole nitrogens is 2. The Morgan fingerprint density at radius 1 is 0.606 bits per heavy atom. The first kappa shape index (κ1) is 46.3. The lowest BCUT2D eigenvalue weighted by Gasteiger charge is -2.08. The molecule has 0 unspecified atom stereocenters. The molecule has 0 radical (unpaired) electrons. The predicted molar refractivity (Wildman–Crippen MR) is 258 cm³/mol. The minimum Gasteiger partial charge on any atom is -0.478 e. The summed E-state index contributed by atoms with van der Waals surface area (Å²) in [6.07, 6.45) is 11.1. The number of carboxylic acid groups (broad SMARTS) is 1. The Labute approximate surface area is 388 Å². The zero-order valence-electron chi connectivity index (χ0n) is 35.1. The van der Waals surface area contributed by atoms with Crippen LogP contribution in [0, 0.1) is 13.8 Å². The molecule has 0 bridgehead atoms. The zero-order chi connectivity index (χ0) is 45.5. The zero-order valence-corrected chi connectivity index (χ0v) is 36.6. The summed E-state index contributed by atoms with van der Waals surface area (Å²) in [5, 5.41) is 31.0. The van der Waals surface area contributed by atoms with Gasteiger partial charge in [-0.05, 0) is 109 Å². The number of aromatic nitrogens is 10. The Kier molecular flexibility index (Phi) is 14.6. The van der Waals surface area contributed by atoms with E-state index in [-0.39, 0.29) is 18.9 Å². The van der Waals surface area contributed by atoms with Gasteiger partial charge in [0, 0.05) is 113 Å². The quantitative estimate of drug-likeness (QED) is 0.0913. The van der Waals surface area contributed by atoms with Gasteiger partial charge in [-0.3, -0.25) is 34.9 Å². The topological polar surface area (TPSA) is 227 Å². The highest BCUT2D eigenvalue weighted by atomic mass is 35.5. The lowest BCUT2D eigenvalue weighted by atomic mass is 10.0. The second kappa shape index (κ2) is 20.9. The average Bonchev–Trinajstić information content (AvgIpc) is 3.88.